The van der Waals surface area contributed by atoms with Gasteiger partial charge in [0.25, 0.3) is 0 Å². The molecule has 118 valence electrons. The van der Waals surface area contributed by atoms with Crippen LogP contribution < -0.4 is 5.11 Å². The van der Waals surface area contributed by atoms with Gasteiger partial charge in [-0.15, -0.1) is 0 Å². The van der Waals surface area contributed by atoms with Gasteiger partial charge in [-0.3, -0.25) is 0 Å². The Balaban J connectivity index is 1.93. The van der Waals surface area contributed by atoms with Crippen LogP contribution in [0.15, 0.2) is 30.3 Å². The van der Waals surface area contributed by atoms with Gasteiger partial charge in [-0.05, 0) is 23.8 Å². The van der Waals surface area contributed by atoms with E-state index < -0.39 is 24.1 Å². The monoisotopic (exact) mass is 305 g/mol. The standard InChI is InChI=1S/C16H19NO5/c1-17(2)10-13(9-14(17)16(20)21)22-15(19)8-5-11-3-6-12(18)7-4-11/h3-8,13-14H,9-10H2,1-2H3,(H-,18,19,20,21)/t13-,14+/m1/s1. The third kappa shape index (κ3) is 3.85. The fourth-order valence-electron chi connectivity index (χ4n) is 2.68. The molecule has 1 aliphatic heterocycles. The maximum atomic E-state index is 11.8. The number of nitrogens with zero attached hydrogens (tertiary/aromatic N) is 1. The molecule has 0 saturated carbocycles. The lowest BCUT2D eigenvalue weighted by Gasteiger charge is -2.31. The zero-order chi connectivity index (χ0) is 16.3. The highest BCUT2D eigenvalue weighted by Gasteiger charge is 2.43. The normalized spacial score (nSPS) is 23.5. The van der Waals surface area contributed by atoms with Crippen LogP contribution in [-0.4, -0.2) is 54.3 Å². The Morgan fingerprint density at radius 2 is 1.95 bits per heavy atom. The molecule has 0 amide bonds. The van der Waals surface area contributed by atoms with Crippen LogP contribution in [0.5, 0.6) is 5.75 Å². The molecule has 1 aromatic rings. The van der Waals surface area contributed by atoms with Crippen molar-refractivity contribution < 1.29 is 29.0 Å². The summed E-state index contributed by atoms with van der Waals surface area (Å²) in [5.74, 6) is -1.49. The Morgan fingerprint density at radius 3 is 2.50 bits per heavy atom. The number of hydrogen-bond donors (Lipinski definition) is 1. The second-order valence-electron chi connectivity index (χ2n) is 6.02. The highest BCUT2D eigenvalue weighted by molar-refractivity contribution is 5.87. The SMILES string of the molecule is C[N+]1(C)C[C@H](OC(=O)C=Cc2ccc(O)cc2)C[C@H]1C(=O)[O-]. The summed E-state index contributed by atoms with van der Waals surface area (Å²) in [5.41, 5.74) is 0.755. The number of carbonyl (C=O) groups excluding carboxylic acids is 2. The molecule has 2 atom stereocenters. The lowest BCUT2D eigenvalue weighted by atomic mass is 10.2. The lowest BCUT2D eigenvalue weighted by Crippen LogP contribution is -2.53. The van der Waals surface area contributed by atoms with Crippen molar-refractivity contribution in [2.75, 3.05) is 20.6 Å². The minimum Gasteiger partial charge on any atom is -0.544 e. The number of hydrogen-bond acceptors (Lipinski definition) is 5. The van der Waals surface area contributed by atoms with Crippen LogP contribution in [0.4, 0.5) is 0 Å². The Labute approximate surface area is 128 Å². The number of likely N-dealkylation sites (tertiary alicyclic amines) is 1. The first-order valence-corrected chi connectivity index (χ1v) is 6.99. The van der Waals surface area contributed by atoms with Gasteiger partial charge in [0, 0.05) is 12.5 Å². The fourth-order valence-corrected chi connectivity index (χ4v) is 2.68. The number of quaternary nitrogens is 1. The molecule has 0 unspecified atom stereocenters. The van der Waals surface area contributed by atoms with E-state index in [1.807, 2.05) is 0 Å². The van der Waals surface area contributed by atoms with E-state index in [1.165, 1.54) is 18.2 Å². The second kappa shape index (κ2) is 6.19. The number of aliphatic carboxylic acids is 1. The van der Waals surface area contributed by atoms with E-state index >= 15 is 0 Å². The zero-order valence-electron chi connectivity index (χ0n) is 12.6. The van der Waals surface area contributed by atoms with Crippen molar-refractivity contribution in [2.24, 2.45) is 0 Å². The van der Waals surface area contributed by atoms with Crippen molar-refractivity contribution >= 4 is 18.0 Å². The number of likely N-dealkylation sites (N-methyl/N-ethyl adjacent to an activating group) is 1. The van der Waals surface area contributed by atoms with E-state index in [9.17, 15) is 19.8 Å². The third-order valence-corrected chi connectivity index (χ3v) is 3.86. The number of benzene rings is 1. The Bertz CT molecular complexity index is 591. The molecule has 0 aliphatic carbocycles. The van der Waals surface area contributed by atoms with Gasteiger partial charge in [0.05, 0.1) is 20.1 Å². The van der Waals surface area contributed by atoms with Crippen molar-refractivity contribution in [1.82, 2.24) is 0 Å². The molecule has 0 bridgehead atoms. The number of carboxylic acids is 1. The Hall–Kier alpha value is -2.34. The molecule has 1 heterocycles. The Morgan fingerprint density at radius 1 is 1.32 bits per heavy atom. The quantitative estimate of drug-likeness (QED) is 0.477. The molecule has 0 radical (unpaired) electrons. The molecule has 1 N–H and O–H groups in total. The van der Waals surface area contributed by atoms with Crippen LogP contribution in [0.1, 0.15) is 12.0 Å². The molecule has 1 saturated heterocycles. The van der Waals surface area contributed by atoms with Crippen LogP contribution in [0.3, 0.4) is 0 Å². The van der Waals surface area contributed by atoms with Crippen molar-refractivity contribution in [3.8, 4) is 5.75 Å². The van der Waals surface area contributed by atoms with E-state index in [0.717, 1.165) is 5.56 Å². The minimum atomic E-state index is -1.12. The smallest absolute Gasteiger partial charge is 0.331 e. The van der Waals surface area contributed by atoms with Crippen LogP contribution in [0.25, 0.3) is 6.08 Å². The summed E-state index contributed by atoms with van der Waals surface area (Å²) < 4.78 is 5.53. The molecule has 6 nitrogen and oxygen atoms in total. The molecule has 0 aromatic heterocycles. The summed E-state index contributed by atoms with van der Waals surface area (Å²) in [6, 6.07) is 5.71. The van der Waals surface area contributed by atoms with Gasteiger partial charge in [-0.25, -0.2) is 4.79 Å². The van der Waals surface area contributed by atoms with Gasteiger partial charge >= 0.3 is 5.97 Å². The molecular formula is C16H19NO5. The molecule has 1 fully saturated rings. The van der Waals surface area contributed by atoms with Crippen molar-refractivity contribution in [3.05, 3.63) is 35.9 Å². The first-order valence-electron chi connectivity index (χ1n) is 6.99. The summed E-state index contributed by atoms with van der Waals surface area (Å²) in [7, 11) is 3.56. The molecule has 0 spiro atoms. The number of carboxylic acid groups (broad SMARTS) is 1. The molecule has 22 heavy (non-hydrogen) atoms. The van der Waals surface area contributed by atoms with Crippen LogP contribution >= 0.6 is 0 Å². The zero-order valence-corrected chi connectivity index (χ0v) is 12.6. The van der Waals surface area contributed by atoms with E-state index in [0.29, 0.717) is 6.54 Å². The topological polar surface area (TPSA) is 86.7 Å². The van der Waals surface area contributed by atoms with E-state index in [-0.39, 0.29) is 16.7 Å². The molecule has 1 aromatic carbocycles. The summed E-state index contributed by atoms with van der Waals surface area (Å²) in [6.07, 6.45) is 2.69. The van der Waals surface area contributed by atoms with E-state index in [4.69, 9.17) is 4.74 Å². The molecule has 2 rings (SSSR count). The number of esters is 1. The average molecular weight is 305 g/mol. The number of carbonyl (C=O) groups is 2. The lowest BCUT2D eigenvalue weighted by molar-refractivity contribution is -0.896. The van der Waals surface area contributed by atoms with Gasteiger partial charge in [0.1, 0.15) is 18.3 Å². The maximum Gasteiger partial charge on any atom is 0.331 e. The summed E-state index contributed by atoms with van der Waals surface area (Å²) in [6.45, 7) is 0.442. The highest BCUT2D eigenvalue weighted by Crippen LogP contribution is 2.24. The van der Waals surface area contributed by atoms with Gasteiger partial charge in [-0.1, -0.05) is 12.1 Å². The maximum absolute atomic E-state index is 11.8. The number of phenols is 1. The van der Waals surface area contributed by atoms with Gasteiger partial charge < -0.3 is 24.2 Å². The van der Waals surface area contributed by atoms with Crippen molar-refractivity contribution in [2.45, 2.75) is 18.6 Å². The predicted molar refractivity (Wildman–Crippen MR) is 77.4 cm³/mol. The van der Waals surface area contributed by atoms with Crippen LogP contribution in [-0.2, 0) is 14.3 Å². The largest absolute Gasteiger partial charge is 0.544 e. The molecule has 6 heteroatoms. The first kappa shape index (κ1) is 16.0. The fraction of sp³-hybridized carbons (Fsp3) is 0.375. The Kier molecular flexibility index (Phi) is 4.51. The summed E-state index contributed by atoms with van der Waals surface area (Å²) in [4.78, 5) is 22.9. The first-order chi connectivity index (χ1) is 10.3. The van der Waals surface area contributed by atoms with Crippen molar-refractivity contribution in [1.29, 1.82) is 0 Å². The predicted octanol–water partition coefficient (Wildman–Crippen LogP) is -0.0842. The molecular weight excluding hydrogens is 286 g/mol. The molecule has 1 aliphatic rings. The van der Waals surface area contributed by atoms with E-state index in [1.54, 1.807) is 32.3 Å². The summed E-state index contributed by atoms with van der Waals surface area (Å²) in [5, 5.41) is 20.3. The average Bonchev–Trinajstić information content (AvgIpc) is 2.73. The number of ether oxygens (including phenoxy) is 1. The highest BCUT2D eigenvalue weighted by atomic mass is 16.5. The number of aromatic hydroxyl groups is 1. The van der Waals surface area contributed by atoms with Gasteiger partial charge in [0.2, 0.25) is 0 Å². The minimum absolute atomic E-state index is 0.152. The van der Waals surface area contributed by atoms with Gasteiger partial charge in [-0.2, -0.15) is 0 Å². The number of phenolic OH excluding ortho intramolecular Hbond substituents is 1. The second-order valence-corrected chi connectivity index (χ2v) is 6.02. The van der Waals surface area contributed by atoms with Gasteiger partial charge in [0.15, 0.2) is 6.10 Å². The van der Waals surface area contributed by atoms with Crippen LogP contribution in [0, 0.1) is 0 Å². The summed E-state index contributed by atoms with van der Waals surface area (Å²) >= 11 is 0. The van der Waals surface area contributed by atoms with Crippen molar-refractivity contribution in [3.63, 3.8) is 0 Å². The third-order valence-electron chi connectivity index (χ3n) is 3.86. The number of rotatable bonds is 4. The van der Waals surface area contributed by atoms with Crippen LogP contribution in [0.2, 0.25) is 0 Å². The van der Waals surface area contributed by atoms with E-state index in [2.05, 4.69) is 0 Å².